The highest BCUT2D eigenvalue weighted by molar-refractivity contribution is 7.80. The lowest BCUT2D eigenvalue weighted by atomic mass is 9.69. The number of hydrogen-bond donors (Lipinski definition) is 2. The van der Waals surface area contributed by atoms with Gasteiger partial charge in [-0.25, -0.2) is 4.79 Å². The third-order valence-electron chi connectivity index (χ3n) is 7.65. The lowest BCUT2D eigenvalue weighted by Gasteiger charge is -2.36. The van der Waals surface area contributed by atoms with Gasteiger partial charge in [0.25, 0.3) is 5.91 Å². The molecule has 38 heavy (non-hydrogen) atoms. The van der Waals surface area contributed by atoms with E-state index in [9.17, 15) is 19.2 Å². The molecule has 1 fully saturated rings. The molecular weight excluding hydrogens is 522 g/mol. The van der Waals surface area contributed by atoms with Crippen LogP contribution in [0.2, 0.25) is 0 Å². The van der Waals surface area contributed by atoms with Crippen molar-refractivity contribution in [3.8, 4) is 0 Å². The van der Waals surface area contributed by atoms with E-state index in [1.165, 1.54) is 23.5 Å². The Balaban J connectivity index is 1.49. The smallest absolute Gasteiger partial charge is 0.341 e. The number of esters is 1. The Bertz CT molecular complexity index is 1270. The maximum atomic E-state index is 12.9. The van der Waals surface area contributed by atoms with E-state index in [2.05, 4.69) is 31.4 Å². The first-order chi connectivity index (χ1) is 18.1. The first kappa shape index (κ1) is 27.9. The number of carbonyl (C=O) groups is 4. The number of anilines is 2. The quantitative estimate of drug-likeness (QED) is 0.273. The summed E-state index contributed by atoms with van der Waals surface area (Å²) in [6.07, 6.45) is 4.15. The van der Waals surface area contributed by atoms with Crippen molar-refractivity contribution in [1.82, 2.24) is 5.32 Å². The fourth-order valence-electron chi connectivity index (χ4n) is 4.98. The molecule has 1 aliphatic heterocycles. The predicted octanol–water partition coefficient (Wildman–Crippen LogP) is 5.25. The van der Waals surface area contributed by atoms with Crippen LogP contribution in [0.15, 0.2) is 24.3 Å². The second-order valence-corrected chi connectivity index (χ2v) is 11.8. The summed E-state index contributed by atoms with van der Waals surface area (Å²) in [4.78, 5) is 52.0. The van der Waals surface area contributed by atoms with Crippen molar-refractivity contribution in [2.75, 3.05) is 16.8 Å². The summed E-state index contributed by atoms with van der Waals surface area (Å²) in [5.41, 5.74) is 2.46. The molecule has 1 saturated heterocycles. The summed E-state index contributed by atoms with van der Waals surface area (Å²) in [7, 11) is 0. The van der Waals surface area contributed by atoms with Gasteiger partial charge in [-0.2, -0.15) is 0 Å². The number of imide groups is 1. The Morgan fingerprint density at radius 2 is 1.76 bits per heavy atom. The number of fused-ring (bicyclic) bond motifs is 1. The lowest BCUT2D eigenvalue weighted by Crippen LogP contribution is -2.34. The van der Waals surface area contributed by atoms with E-state index in [0.717, 1.165) is 41.0 Å². The summed E-state index contributed by atoms with van der Waals surface area (Å²) in [6.45, 7) is 8.83. The fraction of sp³-hybridized carbons (Fsp3) is 0.464. The fourth-order valence-corrected chi connectivity index (χ4v) is 6.56. The van der Waals surface area contributed by atoms with Crippen molar-refractivity contribution in [2.45, 2.75) is 66.2 Å². The molecule has 0 unspecified atom stereocenters. The second-order valence-electron chi connectivity index (χ2n) is 10.3. The van der Waals surface area contributed by atoms with E-state index in [1.807, 2.05) is 0 Å². The molecule has 1 aromatic carbocycles. The SMILES string of the molecule is CCOC(=O)c1c(NC(=S)NC(=O)c2ccc(N3C(=O)CCC3=O)cc2)sc2c1CC[C@H](C(C)(C)CC)C2. The number of benzene rings is 1. The summed E-state index contributed by atoms with van der Waals surface area (Å²) in [5.74, 6) is -0.827. The van der Waals surface area contributed by atoms with Gasteiger partial charge >= 0.3 is 5.97 Å². The first-order valence-corrected chi connectivity index (χ1v) is 14.2. The Morgan fingerprint density at radius 3 is 2.37 bits per heavy atom. The van der Waals surface area contributed by atoms with Gasteiger partial charge in [-0.05, 0) is 79.6 Å². The van der Waals surface area contributed by atoms with Crippen molar-refractivity contribution >= 4 is 63.0 Å². The molecule has 202 valence electrons. The third kappa shape index (κ3) is 5.66. The molecule has 3 amide bonds. The normalized spacial score (nSPS) is 17.3. The van der Waals surface area contributed by atoms with Gasteiger partial charge in [0.05, 0.1) is 17.9 Å². The van der Waals surface area contributed by atoms with E-state index in [1.54, 1.807) is 19.1 Å². The maximum absolute atomic E-state index is 12.9. The molecule has 2 heterocycles. The Labute approximate surface area is 232 Å². The number of rotatable bonds is 7. The van der Waals surface area contributed by atoms with Gasteiger partial charge in [-0.15, -0.1) is 11.3 Å². The van der Waals surface area contributed by atoms with E-state index in [0.29, 0.717) is 27.7 Å². The Kier molecular flexibility index (Phi) is 8.32. The third-order valence-corrected chi connectivity index (χ3v) is 9.03. The van der Waals surface area contributed by atoms with Crippen LogP contribution in [0.1, 0.15) is 84.5 Å². The summed E-state index contributed by atoms with van der Waals surface area (Å²) < 4.78 is 5.35. The average molecular weight is 556 g/mol. The predicted molar refractivity (Wildman–Crippen MR) is 152 cm³/mol. The van der Waals surface area contributed by atoms with Crippen LogP contribution in [0.3, 0.4) is 0 Å². The highest BCUT2D eigenvalue weighted by Gasteiger charge is 2.36. The van der Waals surface area contributed by atoms with Gasteiger partial charge in [0, 0.05) is 23.3 Å². The Hall–Kier alpha value is -3.11. The molecule has 0 bridgehead atoms. The van der Waals surface area contributed by atoms with Crippen LogP contribution in [0.5, 0.6) is 0 Å². The van der Waals surface area contributed by atoms with Crippen molar-refractivity contribution in [3.05, 3.63) is 45.8 Å². The van der Waals surface area contributed by atoms with Crippen LogP contribution in [0.25, 0.3) is 0 Å². The van der Waals surface area contributed by atoms with Crippen LogP contribution in [0, 0.1) is 11.3 Å². The number of carbonyl (C=O) groups excluding carboxylic acids is 4. The van der Waals surface area contributed by atoms with Crippen molar-refractivity contribution in [3.63, 3.8) is 0 Å². The minimum atomic E-state index is -0.447. The minimum Gasteiger partial charge on any atom is -0.462 e. The Morgan fingerprint density at radius 1 is 1.11 bits per heavy atom. The summed E-state index contributed by atoms with van der Waals surface area (Å²) >= 11 is 6.92. The van der Waals surface area contributed by atoms with Crippen molar-refractivity contribution in [1.29, 1.82) is 0 Å². The minimum absolute atomic E-state index is 0.0681. The molecule has 0 spiro atoms. The second kappa shape index (κ2) is 11.3. The van der Waals surface area contributed by atoms with Gasteiger partial charge in [0.1, 0.15) is 5.00 Å². The molecule has 2 N–H and O–H groups in total. The van der Waals surface area contributed by atoms with E-state index in [-0.39, 0.29) is 41.8 Å². The van der Waals surface area contributed by atoms with Crippen LogP contribution >= 0.6 is 23.6 Å². The molecule has 0 saturated carbocycles. The lowest BCUT2D eigenvalue weighted by molar-refractivity contribution is -0.121. The first-order valence-electron chi connectivity index (χ1n) is 13.0. The number of hydrogen-bond acceptors (Lipinski definition) is 7. The molecule has 2 aromatic rings. The van der Waals surface area contributed by atoms with E-state index in [4.69, 9.17) is 17.0 Å². The zero-order valence-electron chi connectivity index (χ0n) is 22.1. The average Bonchev–Trinajstić information content (AvgIpc) is 3.41. The number of amides is 3. The van der Waals surface area contributed by atoms with Gasteiger partial charge in [0.2, 0.25) is 11.8 Å². The number of ether oxygens (including phenoxy) is 1. The molecule has 1 aromatic heterocycles. The van der Waals surface area contributed by atoms with Crippen LogP contribution in [-0.4, -0.2) is 35.4 Å². The number of nitrogens with one attached hydrogen (secondary N) is 2. The topological polar surface area (TPSA) is 105 Å². The molecular formula is C28H33N3O5S2. The number of thiocarbonyl (C=S) groups is 1. The number of nitrogens with zero attached hydrogens (tertiary/aromatic N) is 1. The molecule has 10 heteroatoms. The highest BCUT2D eigenvalue weighted by Crippen LogP contribution is 2.45. The van der Waals surface area contributed by atoms with Crippen LogP contribution in [0.4, 0.5) is 10.7 Å². The van der Waals surface area contributed by atoms with Crippen LogP contribution < -0.4 is 15.5 Å². The molecule has 4 rings (SSSR count). The van der Waals surface area contributed by atoms with Crippen molar-refractivity contribution in [2.24, 2.45) is 11.3 Å². The molecule has 8 nitrogen and oxygen atoms in total. The molecule has 1 aliphatic carbocycles. The van der Waals surface area contributed by atoms with Crippen LogP contribution in [-0.2, 0) is 27.2 Å². The molecule has 0 radical (unpaired) electrons. The largest absolute Gasteiger partial charge is 0.462 e. The van der Waals surface area contributed by atoms with Gasteiger partial charge in [0.15, 0.2) is 5.11 Å². The summed E-state index contributed by atoms with van der Waals surface area (Å²) in [6, 6.07) is 6.20. The monoisotopic (exact) mass is 555 g/mol. The standard InChI is InChI=1S/C28H33N3O5S2/c1-5-28(3,4)17-9-12-19-20(15-17)38-25(23(19)26(35)36-6-2)30-27(37)29-24(34)16-7-10-18(11-8-16)31-21(32)13-14-22(31)33/h7-8,10-11,17H,5-6,9,12-15H2,1-4H3,(H2,29,30,34,37)/t17-/m0/s1. The maximum Gasteiger partial charge on any atom is 0.341 e. The molecule has 2 aliphatic rings. The van der Waals surface area contributed by atoms with Gasteiger partial charge < -0.3 is 10.1 Å². The van der Waals surface area contributed by atoms with E-state index < -0.39 is 11.9 Å². The van der Waals surface area contributed by atoms with E-state index >= 15 is 0 Å². The molecule has 1 atom stereocenters. The zero-order chi connectivity index (χ0) is 27.6. The number of thiophene rings is 1. The van der Waals surface area contributed by atoms with Gasteiger partial charge in [-0.3, -0.25) is 24.6 Å². The highest BCUT2D eigenvalue weighted by atomic mass is 32.1. The zero-order valence-corrected chi connectivity index (χ0v) is 23.8. The van der Waals surface area contributed by atoms with Gasteiger partial charge in [-0.1, -0.05) is 27.2 Å². The van der Waals surface area contributed by atoms with Crippen molar-refractivity contribution < 1.29 is 23.9 Å². The summed E-state index contributed by atoms with van der Waals surface area (Å²) in [5, 5.41) is 6.37.